The van der Waals surface area contributed by atoms with Crippen LogP contribution in [0.25, 0.3) is 0 Å². The van der Waals surface area contributed by atoms with E-state index in [0.717, 1.165) is 11.5 Å². The molecule has 1 heterocycles. The molecule has 1 atom stereocenters. The lowest BCUT2D eigenvalue weighted by Crippen LogP contribution is -2.33. The van der Waals surface area contributed by atoms with Crippen LogP contribution in [0.4, 0.5) is 0 Å². The predicted octanol–water partition coefficient (Wildman–Crippen LogP) is 1.68. The van der Waals surface area contributed by atoms with E-state index in [1.807, 2.05) is 23.5 Å². The largest absolute Gasteiger partial charge is 0.508 e. The molecule has 0 aromatic heterocycles. The van der Waals surface area contributed by atoms with Gasteiger partial charge in [-0.1, -0.05) is 0 Å². The third-order valence-electron chi connectivity index (χ3n) is 2.60. The quantitative estimate of drug-likeness (QED) is 0.737. The summed E-state index contributed by atoms with van der Waals surface area (Å²) in [6.45, 7) is 0.589. The van der Waals surface area contributed by atoms with E-state index in [4.69, 9.17) is 0 Å². The normalized spacial score (nSPS) is 19.4. The van der Waals surface area contributed by atoms with Gasteiger partial charge >= 0.3 is 0 Å². The number of phenolic OH excluding ortho intramolecular Hbond substituents is 2. The zero-order valence-corrected chi connectivity index (χ0v) is 11.4. The number of hydrogen-bond donors (Lipinski definition) is 3. The van der Waals surface area contributed by atoms with Crippen LogP contribution in [-0.4, -0.2) is 45.2 Å². The maximum Gasteiger partial charge on any atom is 0.255 e. The lowest BCUT2D eigenvalue weighted by Gasteiger charge is -2.21. The standard InChI is InChI=1S/C12H15NO3S2/c14-8-1-2-11(15)10(5-8)12(16)13-6-9-7-17-3-4-18-9/h1-2,5,9,14-15H,3-4,6-7H2,(H,13,16). The summed E-state index contributed by atoms with van der Waals surface area (Å²) in [5.74, 6) is 2.83. The van der Waals surface area contributed by atoms with Crippen molar-refractivity contribution in [3.05, 3.63) is 23.8 Å². The van der Waals surface area contributed by atoms with Crippen LogP contribution in [0.3, 0.4) is 0 Å². The molecule has 1 aliphatic heterocycles. The number of thioether (sulfide) groups is 2. The van der Waals surface area contributed by atoms with Crippen molar-refractivity contribution in [2.75, 3.05) is 23.8 Å². The first-order valence-corrected chi connectivity index (χ1v) is 7.86. The van der Waals surface area contributed by atoms with Gasteiger partial charge in [-0.3, -0.25) is 4.79 Å². The Balaban J connectivity index is 1.92. The number of nitrogens with one attached hydrogen (secondary N) is 1. The molecule has 0 spiro atoms. The van der Waals surface area contributed by atoms with Crippen LogP contribution < -0.4 is 5.32 Å². The van der Waals surface area contributed by atoms with Gasteiger partial charge in [-0.15, -0.1) is 0 Å². The topological polar surface area (TPSA) is 69.6 Å². The van der Waals surface area contributed by atoms with Crippen molar-refractivity contribution in [3.8, 4) is 11.5 Å². The molecule has 1 amide bonds. The molecule has 6 heteroatoms. The highest BCUT2D eigenvalue weighted by Gasteiger charge is 2.17. The summed E-state index contributed by atoms with van der Waals surface area (Å²) in [6.07, 6.45) is 0. The Labute approximate surface area is 114 Å². The molecular weight excluding hydrogens is 270 g/mol. The number of rotatable bonds is 3. The number of amides is 1. The average molecular weight is 285 g/mol. The van der Waals surface area contributed by atoms with Crippen molar-refractivity contribution in [1.82, 2.24) is 5.32 Å². The van der Waals surface area contributed by atoms with Crippen LogP contribution in [0, 0.1) is 0 Å². The minimum Gasteiger partial charge on any atom is -0.508 e. The fraction of sp³-hybridized carbons (Fsp3) is 0.417. The highest BCUT2D eigenvalue weighted by atomic mass is 32.2. The van der Waals surface area contributed by atoms with Crippen molar-refractivity contribution in [3.63, 3.8) is 0 Å². The van der Waals surface area contributed by atoms with Gasteiger partial charge in [0.2, 0.25) is 0 Å². The summed E-state index contributed by atoms with van der Waals surface area (Å²) >= 11 is 3.75. The highest BCUT2D eigenvalue weighted by Crippen LogP contribution is 2.24. The summed E-state index contributed by atoms with van der Waals surface area (Å²) in [4.78, 5) is 11.9. The Bertz CT molecular complexity index is 433. The lowest BCUT2D eigenvalue weighted by molar-refractivity contribution is 0.0951. The van der Waals surface area contributed by atoms with E-state index in [9.17, 15) is 15.0 Å². The first-order valence-electron chi connectivity index (χ1n) is 5.66. The van der Waals surface area contributed by atoms with E-state index in [1.165, 1.54) is 24.0 Å². The summed E-state index contributed by atoms with van der Waals surface area (Å²) in [6, 6.07) is 3.93. The Morgan fingerprint density at radius 3 is 2.94 bits per heavy atom. The molecule has 1 unspecified atom stereocenters. The highest BCUT2D eigenvalue weighted by molar-refractivity contribution is 8.06. The van der Waals surface area contributed by atoms with Gasteiger partial charge in [-0.2, -0.15) is 23.5 Å². The van der Waals surface area contributed by atoms with Gasteiger partial charge < -0.3 is 15.5 Å². The minimum absolute atomic E-state index is 0.0273. The molecule has 1 aliphatic rings. The number of carbonyl (C=O) groups is 1. The summed E-state index contributed by atoms with van der Waals surface area (Å²) in [7, 11) is 0. The van der Waals surface area contributed by atoms with Crippen molar-refractivity contribution >= 4 is 29.4 Å². The zero-order valence-electron chi connectivity index (χ0n) is 9.76. The summed E-state index contributed by atoms with van der Waals surface area (Å²) in [5.41, 5.74) is 0.114. The van der Waals surface area contributed by atoms with Gasteiger partial charge in [0.05, 0.1) is 5.56 Å². The molecule has 18 heavy (non-hydrogen) atoms. The second kappa shape index (κ2) is 6.24. The molecule has 1 saturated heterocycles. The SMILES string of the molecule is O=C(NCC1CSCCS1)c1cc(O)ccc1O. The minimum atomic E-state index is -0.348. The fourth-order valence-electron chi connectivity index (χ4n) is 1.66. The monoisotopic (exact) mass is 285 g/mol. The first kappa shape index (κ1) is 13.4. The lowest BCUT2D eigenvalue weighted by atomic mass is 10.1. The van der Waals surface area contributed by atoms with Crippen LogP contribution >= 0.6 is 23.5 Å². The van der Waals surface area contributed by atoms with Gasteiger partial charge in [0.15, 0.2) is 0 Å². The Morgan fingerprint density at radius 1 is 1.39 bits per heavy atom. The molecule has 1 aromatic rings. The van der Waals surface area contributed by atoms with E-state index in [-0.39, 0.29) is 23.0 Å². The molecule has 98 valence electrons. The molecule has 0 saturated carbocycles. The number of aromatic hydroxyl groups is 2. The van der Waals surface area contributed by atoms with Crippen LogP contribution in [0.15, 0.2) is 18.2 Å². The number of phenols is 2. The van der Waals surface area contributed by atoms with Crippen molar-refractivity contribution in [2.24, 2.45) is 0 Å². The second-order valence-electron chi connectivity index (χ2n) is 3.98. The number of benzene rings is 1. The van der Waals surface area contributed by atoms with Crippen LogP contribution in [0.2, 0.25) is 0 Å². The molecule has 4 nitrogen and oxygen atoms in total. The van der Waals surface area contributed by atoms with Gasteiger partial charge in [0, 0.05) is 29.1 Å². The molecule has 0 radical (unpaired) electrons. The maximum absolute atomic E-state index is 11.9. The second-order valence-corrected chi connectivity index (χ2v) is 6.54. The number of carbonyl (C=O) groups excluding carboxylic acids is 1. The summed E-state index contributed by atoms with van der Waals surface area (Å²) < 4.78 is 0. The van der Waals surface area contributed by atoms with Gasteiger partial charge in [0.25, 0.3) is 5.91 Å². The first-order chi connectivity index (χ1) is 8.66. The van der Waals surface area contributed by atoms with Gasteiger partial charge in [0.1, 0.15) is 11.5 Å². The summed E-state index contributed by atoms with van der Waals surface area (Å²) in [5, 5.41) is 22.1. The molecule has 1 fully saturated rings. The third kappa shape index (κ3) is 3.49. The van der Waals surface area contributed by atoms with E-state index in [2.05, 4.69) is 5.32 Å². The smallest absolute Gasteiger partial charge is 0.255 e. The van der Waals surface area contributed by atoms with Crippen LogP contribution in [-0.2, 0) is 0 Å². The van der Waals surface area contributed by atoms with E-state index in [0.29, 0.717) is 11.8 Å². The van der Waals surface area contributed by atoms with Crippen LogP contribution in [0.5, 0.6) is 11.5 Å². The number of hydrogen-bond acceptors (Lipinski definition) is 5. The van der Waals surface area contributed by atoms with Gasteiger partial charge in [-0.25, -0.2) is 0 Å². The molecule has 3 N–H and O–H groups in total. The Morgan fingerprint density at radius 2 is 2.22 bits per heavy atom. The molecule has 0 aliphatic carbocycles. The molecule has 2 rings (SSSR count). The van der Waals surface area contributed by atoms with Crippen molar-refractivity contribution < 1.29 is 15.0 Å². The van der Waals surface area contributed by atoms with E-state index in [1.54, 1.807) is 0 Å². The fourth-order valence-corrected chi connectivity index (χ4v) is 4.27. The van der Waals surface area contributed by atoms with Gasteiger partial charge in [-0.05, 0) is 18.2 Å². The molecule has 0 bridgehead atoms. The third-order valence-corrected chi connectivity index (χ3v) is 5.44. The van der Waals surface area contributed by atoms with Crippen molar-refractivity contribution in [2.45, 2.75) is 5.25 Å². The zero-order chi connectivity index (χ0) is 13.0. The average Bonchev–Trinajstić information content (AvgIpc) is 2.40. The maximum atomic E-state index is 11.9. The predicted molar refractivity (Wildman–Crippen MR) is 75.7 cm³/mol. The molecule has 1 aromatic carbocycles. The molecular formula is C12H15NO3S2. The van der Waals surface area contributed by atoms with Crippen LogP contribution in [0.1, 0.15) is 10.4 Å². The van der Waals surface area contributed by atoms with E-state index >= 15 is 0 Å². The Hall–Kier alpha value is -1.01. The van der Waals surface area contributed by atoms with Crippen molar-refractivity contribution in [1.29, 1.82) is 0 Å². The Kier molecular flexibility index (Phi) is 4.66. The van der Waals surface area contributed by atoms with E-state index < -0.39 is 0 Å².